The molecule has 0 radical (unpaired) electrons. The number of alkyl halides is 2. The van der Waals surface area contributed by atoms with Gasteiger partial charge in [-0.2, -0.15) is 5.10 Å². The third kappa shape index (κ3) is 3.17. The van der Waals surface area contributed by atoms with E-state index in [2.05, 4.69) is 20.4 Å². The lowest BCUT2D eigenvalue weighted by Gasteiger charge is -2.38. The zero-order valence-corrected chi connectivity index (χ0v) is 14.2. The van der Waals surface area contributed by atoms with Crippen LogP contribution in [0.25, 0.3) is 22.4 Å². The van der Waals surface area contributed by atoms with E-state index in [1.165, 1.54) is 0 Å². The highest BCUT2D eigenvalue weighted by Gasteiger charge is 2.43. The zero-order chi connectivity index (χ0) is 18.3. The van der Waals surface area contributed by atoms with E-state index in [4.69, 9.17) is 0 Å². The number of H-pyrrole nitrogens is 1. The highest BCUT2D eigenvalue weighted by atomic mass is 19.3. The lowest BCUT2D eigenvalue weighted by molar-refractivity contribution is -0.129. The third-order valence-corrected chi connectivity index (χ3v) is 4.40. The molecule has 0 unspecified atom stereocenters. The second-order valence-electron chi connectivity index (χ2n) is 6.49. The van der Waals surface area contributed by atoms with Crippen molar-refractivity contribution in [3.8, 4) is 11.4 Å². The molecule has 0 spiro atoms. The van der Waals surface area contributed by atoms with Crippen molar-refractivity contribution in [2.24, 2.45) is 7.05 Å². The predicted octanol–water partition coefficient (Wildman–Crippen LogP) is 1.64. The van der Waals surface area contributed by atoms with Gasteiger partial charge in [0.1, 0.15) is 5.65 Å². The molecule has 0 atom stereocenters. The number of aromatic nitrogens is 4. The highest BCUT2D eigenvalue weighted by molar-refractivity contribution is 5.93. The van der Waals surface area contributed by atoms with Crippen LogP contribution in [-0.2, 0) is 7.05 Å². The number of fused-ring (bicyclic) bond motifs is 1. The molecule has 26 heavy (non-hydrogen) atoms. The molecule has 9 heteroatoms. The van der Waals surface area contributed by atoms with E-state index in [9.17, 15) is 13.6 Å². The average molecular weight is 360 g/mol. The monoisotopic (exact) mass is 360 g/mol. The molecule has 1 amide bonds. The minimum atomic E-state index is -2.59. The predicted molar refractivity (Wildman–Crippen MR) is 92.0 cm³/mol. The summed E-state index contributed by atoms with van der Waals surface area (Å²) in [7, 11) is 1.76. The second-order valence-corrected chi connectivity index (χ2v) is 6.49. The minimum Gasteiger partial charge on any atom is -0.349 e. The van der Waals surface area contributed by atoms with Gasteiger partial charge in [-0.3, -0.25) is 14.4 Å². The van der Waals surface area contributed by atoms with Crippen molar-refractivity contribution in [3.63, 3.8) is 0 Å². The molecular weight excluding hydrogens is 342 g/mol. The number of aryl methyl sites for hydroxylation is 1. The molecule has 0 aliphatic carbocycles. The quantitative estimate of drug-likeness (QED) is 0.725. The van der Waals surface area contributed by atoms with Gasteiger partial charge in [-0.1, -0.05) is 0 Å². The fourth-order valence-corrected chi connectivity index (χ4v) is 3.11. The van der Waals surface area contributed by atoms with E-state index in [0.717, 1.165) is 22.4 Å². The Kier molecular flexibility index (Phi) is 3.95. The van der Waals surface area contributed by atoms with Gasteiger partial charge in [0.05, 0.1) is 24.5 Å². The summed E-state index contributed by atoms with van der Waals surface area (Å²) in [6.45, 7) is 0.210. The summed E-state index contributed by atoms with van der Waals surface area (Å²) in [5.41, 5.74) is 2.62. The van der Waals surface area contributed by atoms with E-state index in [-0.39, 0.29) is 24.7 Å². The Hall–Kier alpha value is -2.81. The first-order chi connectivity index (χ1) is 12.4. The maximum atomic E-state index is 12.8. The van der Waals surface area contributed by atoms with E-state index < -0.39 is 5.92 Å². The SMILES string of the molecule is Cn1nc(C(=O)NCCN2CC(F)(F)C2)cc1-c1cc2cccnc2[nH]1. The van der Waals surface area contributed by atoms with Gasteiger partial charge in [-0.25, -0.2) is 13.8 Å². The largest absolute Gasteiger partial charge is 0.349 e. The molecule has 3 aromatic rings. The van der Waals surface area contributed by atoms with Crippen molar-refractivity contribution in [2.45, 2.75) is 5.92 Å². The molecule has 0 aromatic carbocycles. The number of likely N-dealkylation sites (tertiary alicyclic amines) is 1. The first-order valence-corrected chi connectivity index (χ1v) is 8.28. The van der Waals surface area contributed by atoms with Gasteiger partial charge in [0.2, 0.25) is 0 Å². The molecular formula is C17H18F2N6O. The van der Waals surface area contributed by atoms with Crippen molar-refractivity contribution in [2.75, 3.05) is 26.2 Å². The van der Waals surface area contributed by atoms with Crippen molar-refractivity contribution in [1.82, 2.24) is 30.0 Å². The average Bonchev–Trinajstić information content (AvgIpc) is 3.16. The van der Waals surface area contributed by atoms with E-state index in [1.54, 1.807) is 28.9 Å². The fraction of sp³-hybridized carbons (Fsp3) is 0.353. The summed E-state index contributed by atoms with van der Waals surface area (Å²) >= 11 is 0. The Morgan fingerprint density at radius 1 is 1.38 bits per heavy atom. The Bertz CT molecular complexity index is 922. The van der Waals surface area contributed by atoms with Gasteiger partial charge in [0.25, 0.3) is 11.8 Å². The summed E-state index contributed by atoms with van der Waals surface area (Å²) in [5.74, 6) is -2.91. The standard InChI is InChI=1S/C17H18F2N6O/c1-24-14(12-7-11-3-2-4-20-15(11)22-12)8-13(23-24)16(26)21-5-6-25-9-17(18,19)10-25/h2-4,7-8H,5-6,9-10H2,1H3,(H,20,22)(H,21,26). The third-order valence-electron chi connectivity index (χ3n) is 4.40. The Labute approximate surface area is 148 Å². The molecule has 3 aromatic heterocycles. The van der Waals surface area contributed by atoms with Gasteiger partial charge >= 0.3 is 0 Å². The number of carbonyl (C=O) groups is 1. The molecule has 2 N–H and O–H groups in total. The van der Waals surface area contributed by atoms with Crippen LogP contribution in [0.15, 0.2) is 30.5 Å². The molecule has 1 fully saturated rings. The van der Waals surface area contributed by atoms with E-state index >= 15 is 0 Å². The maximum absolute atomic E-state index is 12.8. The molecule has 4 rings (SSSR count). The van der Waals surface area contributed by atoms with Crippen molar-refractivity contribution < 1.29 is 13.6 Å². The summed E-state index contributed by atoms with van der Waals surface area (Å²) in [4.78, 5) is 21.3. The number of aromatic amines is 1. The first kappa shape index (κ1) is 16.6. The Morgan fingerprint density at radius 3 is 2.92 bits per heavy atom. The molecule has 1 saturated heterocycles. The summed E-state index contributed by atoms with van der Waals surface area (Å²) < 4.78 is 27.2. The molecule has 136 valence electrons. The Balaban J connectivity index is 1.41. The smallest absolute Gasteiger partial charge is 0.272 e. The minimum absolute atomic E-state index is 0.245. The van der Waals surface area contributed by atoms with Gasteiger partial charge < -0.3 is 10.3 Å². The molecule has 1 aliphatic heterocycles. The number of hydrogen-bond donors (Lipinski definition) is 2. The summed E-state index contributed by atoms with van der Waals surface area (Å²) in [6, 6.07) is 7.45. The van der Waals surface area contributed by atoms with Crippen LogP contribution in [-0.4, -0.2) is 62.7 Å². The summed E-state index contributed by atoms with van der Waals surface area (Å²) in [5, 5.41) is 7.94. The molecule has 0 saturated carbocycles. The lowest BCUT2D eigenvalue weighted by Crippen LogP contribution is -2.57. The highest BCUT2D eigenvalue weighted by Crippen LogP contribution is 2.26. The number of pyridine rings is 1. The van der Waals surface area contributed by atoms with Crippen LogP contribution in [0.1, 0.15) is 10.5 Å². The number of nitrogens with one attached hydrogen (secondary N) is 2. The van der Waals surface area contributed by atoms with Crippen LogP contribution in [0, 0.1) is 0 Å². The number of hydrogen-bond acceptors (Lipinski definition) is 4. The van der Waals surface area contributed by atoms with Crippen LogP contribution in [0.5, 0.6) is 0 Å². The Morgan fingerprint density at radius 2 is 2.19 bits per heavy atom. The maximum Gasteiger partial charge on any atom is 0.272 e. The molecule has 0 bridgehead atoms. The van der Waals surface area contributed by atoms with Crippen LogP contribution >= 0.6 is 0 Å². The number of rotatable bonds is 5. The number of halogens is 2. The van der Waals surface area contributed by atoms with Gasteiger partial charge in [-0.15, -0.1) is 0 Å². The van der Waals surface area contributed by atoms with Gasteiger partial charge in [-0.05, 0) is 24.3 Å². The zero-order valence-electron chi connectivity index (χ0n) is 14.2. The lowest BCUT2D eigenvalue weighted by atomic mass is 10.1. The van der Waals surface area contributed by atoms with Crippen LogP contribution in [0.4, 0.5) is 8.78 Å². The van der Waals surface area contributed by atoms with Crippen LogP contribution < -0.4 is 5.32 Å². The van der Waals surface area contributed by atoms with Crippen molar-refractivity contribution >= 4 is 16.9 Å². The number of carbonyl (C=O) groups excluding carboxylic acids is 1. The number of nitrogens with zero attached hydrogens (tertiary/aromatic N) is 4. The van der Waals surface area contributed by atoms with E-state index in [0.29, 0.717) is 13.1 Å². The first-order valence-electron chi connectivity index (χ1n) is 8.28. The number of amides is 1. The molecule has 7 nitrogen and oxygen atoms in total. The van der Waals surface area contributed by atoms with Crippen molar-refractivity contribution in [1.29, 1.82) is 0 Å². The van der Waals surface area contributed by atoms with Crippen LogP contribution in [0.2, 0.25) is 0 Å². The normalized spacial score (nSPS) is 16.6. The topological polar surface area (TPSA) is 78.8 Å². The van der Waals surface area contributed by atoms with Gasteiger partial charge in [0.15, 0.2) is 5.69 Å². The fourth-order valence-electron chi connectivity index (χ4n) is 3.11. The van der Waals surface area contributed by atoms with Gasteiger partial charge in [0, 0.05) is 31.7 Å². The molecule has 1 aliphatic rings. The van der Waals surface area contributed by atoms with Crippen molar-refractivity contribution in [3.05, 3.63) is 36.2 Å². The second kappa shape index (κ2) is 6.17. The van der Waals surface area contributed by atoms with E-state index in [1.807, 2.05) is 18.2 Å². The van der Waals surface area contributed by atoms with Crippen LogP contribution in [0.3, 0.4) is 0 Å². The summed E-state index contributed by atoms with van der Waals surface area (Å²) in [6.07, 6.45) is 1.71. The molecule has 4 heterocycles.